The van der Waals surface area contributed by atoms with E-state index in [0.717, 1.165) is 0 Å². The highest BCUT2D eigenvalue weighted by Crippen LogP contribution is 2.23. The molecule has 0 bridgehead atoms. The Labute approximate surface area is 105 Å². The molecule has 0 aliphatic rings. The summed E-state index contributed by atoms with van der Waals surface area (Å²) in [6.07, 6.45) is 0. The van der Waals surface area contributed by atoms with E-state index in [2.05, 4.69) is 15.5 Å². The van der Waals surface area contributed by atoms with Crippen molar-refractivity contribution in [2.45, 2.75) is 20.4 Å². The molecule has 2 heterocycles. The Balaban J connectivity index is 2.30. The first-order valence-electron chi connectivity index (χ1n) is 5.27. The molecule has 0 aromatic carbocycles. The monoisotopic (exact) mass is 275 g/mol. The largest absolute Gasteiger partial charge is 0.376 e. The zero-order chi connectivity index (χ0) is 14.2. The summed E-state index contributed by atoms with van der Waals surface area (Å²) in [7, 11) is 0. The van der Waals surface area contributed by atoms with Gasteiger partial charge < -0.3 is 9.84 Å². The van der Waals surface area contributed by atoms with E-state index in [0.29, 0.717) is 17.0 Å². The fourth-order valence-electron chi connectivity index (χ4n) is 1.57. The van der Waals surface area contributed by atoms with E-state index in [1.54, 1.807) is 13.8 Å². The van der Waals surface area contributed by atoms with Crippen molar-refractivity contribution in [2.24, 2.45) is 0 Å². The van der Waals surface area contributed by atoms with Crippen LogP contribution in [0.1, 0.15) is 17.0 Å². The van der Waals surface area contributed by atoms with Crippen LogP contribution >= 0.6 is 0 Å². The molecule has 2 aromatic heterocycles. The summed E-state index contributed by atoms with van der Waals surface area (Å²) in [5, 5.41) is 5.92. The lowest BCUT2D eigenvalue weighted by molar-refractivity contribution is 0.392. The van der Waals surface area contributed by atoms with Gasteiger partial charge in [0.2, 0.25) is 11.6 Å². The number of pyridine rings is 1. The molecule has 0 saturated carbocycles. The molecule has 0 atom stereocenters. The fourth-order valence-corrected chi connectivity index (χ4v) is 1.57. The number of halogens is 4. The Morgan fingerprint density at radius 2 is 1.63 bits per heavy atom. The van der Waals surface area contributed by atoms with Gasteiger partial charge in [-0.05, 0) is 13.8 Å². The maximum atomic E-state index is 13.3. The van der Waals surface area contributed by atoms with Crippen LogP contribution in [0, 0.1) is 37.4 Å². The third-order valence-electron chi connectivity index (χ3n) is 2.62. The third-order valence-corrected chi connectivity index (χ3v) is 2.62. The number of aryl methyl sites for hydroxylation is 2. The predicted octanol–water partition coefficient (Wildman–Crippen LogP) is 2.85. The van der Waals surface area contributed by atoms with Gasteiger partial charge in [0.25, 0.3) is 11.9 Å². The number of hydrogen-bond acceptors (Lipinski definition) is 4. The Morgan fingerprint density at radius 3 is 2.11 bits per heavy atom. The van der Waals surface area contributed by atoms with Crippen molar-refractivity contribution in [3.05, 3.63) is 40.5 Å². The first-order valence-corrected chi connectivity index (χ1v) is 5.27. The Kier molecular flexibility index (Phi) is 3.41. The molecule has 0 amide bonds. The van der Waals surface area contributed by atoms with Crippen LogP contribution in [0.2, 0.25) is 0 Å². The molecule has 2 aromatic rings. The fraction of sp³-hybridized carbons (Fsp3) is 0.273. The molecule has 102 valence electrons. The Morgan fingerprint density at radius 1 is 1.05 bits per heavy atom. The average Bonchev–Trinajstić information content (AvgIpc) is 2.67. The molecule has 0 spiro atoms. The maximum absolute atomic E-state index is 13.3. The standard InChI is InChI=1S/C11H9F4N3O/c1-4-6(5(2)19-18-4)3-16-9-7(12)10(14)17-11(15)8(9)13/h3H2,1-2H3,(H,16,17). The van der Waals surface area contributed by atoms with Gasteiger partial charge >= 0.3 is 0 Å². The van der Waals surface area contributed by atoms with E-state index in [9.17, 15) is 17.6 Å². The van der Waals surface area contributed by atoms with Crippen LogP contribution in [0.3, 0.4) is 0 Å². The topological polar surface area (TPSA) is 51.0 Å². The molecule has 1 N–H and O–H groups in total. The highest BCUT2D eigenvalue weighted by Gasteiger charge is 2.21. The molecule has 0 fully saturated rings. The summed E-state index contributed by atoms with van der Waals surface area (Å²) >= 11 is 0. The first-order chi connectivity index (χ1) is 8.91. The van der Waals surface area contributed by atoms with Gasteiger partial charge in [0.1, 0.15) is 11.4 Å². The second kappa shape index (κ2) is 4.87. The second-order valence-electron chi connectivity index (χ2n) is 3.85. The van der Waals surface area contributed by atoms with Gasteiger partial charge in [-0.2, -0.15) is 22.5 Å². The van der Waals surface area contributed by atoms with Gasteiger partial charge in [-0.15, -0.1) is 0 Å². The number of nitrogens with zero attached hydrogens (tertiary/aromatic N) is 2. The molecule has 8 heteroatoms. The summed E-state index contributed by atoms with van der Waals surface area (Å²) < 4.78 is 57.3. The van der Waals surface area contributed by atoms with Crippen LogP contribution in [0.15, 0.2) is 4.52 Å². The van der Waals surface area contributed by atoms with Gasteiger partial charge in [0.15, 0.2) is 0 Å². The van der Waals surface area contributed by atoms with Gasteiger partial charge in [-0.3, -0.25) is 0 Å². The summed E-state index contributed by atoms with van der Waals surface area (Å²) in [4.78, 5) is 2.46. The zero-order valence-corrected chi connectivity index (χ0v) is 10.0. The molecule has 4 nitrogen and oxygen atoms in total. The van der Waals surface area contributed by atoms with E-state index >= 15 is 0 Å². The van der Waals surface area contributed by atoms with Crippen LogP contribution < -0.4 is 5.32 Å². The predicted molar refractivity (Wildman–Crippen MR) is 57.4 cm³/mol. The summed E-state index contributed by atoms with van der Waals surface area (Å²) in [5.41, 5.74) is 0.155. The molecular formula is C11H9F4N3O. The number of hydrogen-bond donors (Lipinski definition) is 1. The van der Waals surface area contributed by atoms with Gasteiger partial charge in [0.05, 0.1) is 5.69 Å². The molecule has 2 rings (SSSR count). The number of nitrogens with one attached hydrogen (secondary N) is 1. The number of rotatable bonds is 3. The van der Waals surface area contributed by atoms with Crippen molar-refractivity contribution >= 4 is 5.69 Å². The van der Waals surface area contributed by atoms with Gasteiger partial charge in [-0.25, -0.2) is 0 Å². The highest BCUT2D eigenvalue weighted by molar-refractivity contribution is 5.46. The minimum Gasteiger partial charge on any atom is -0.376 e. The summed E-state index contributed by atoms with van der Waals surface area (Å²) in [6, 6.07) is 0. The number of aromatic nitrogens is 2. The molecule has 0 radical (unpaired) electrons. The van der Waals surface area contributed by atoms with E-state index < -0.39 is 29.2 Å². The third kappa shape index (κ3) is 2.38. The smallest absolute Gasteiger partial charge is 0.253 e. The lowest BCUT2D eigenvalue weighted by Crippen LogP contribution is -2.10. The Hall–Kier alpha value is -2.12. The summed E-state index contributed by atoms with van der Waals surface area (Å²) in [6.45, 7) is 3.16. The normalized spacial score (nSPS) is 10.8. The Bertz CT molecular complexity index is 581. The molecular weight excluding hydrogens is 266 g/mol. The zero-order valence-electron chi connectivity index (χ0n) is 10.0. The highest BCUT2D eigenvalue weighted by atomic mass is 19.2. The van der Waals surface area contributed by atoms with Crippen molar-refractivity contribution in [3.63, 3.8) is 0 Å². The maximum Gasteiger partial charge on any atom is 0.253 e. The van der Waals surface area contributed by atoms with Gasteiger partial charge in [-0.1, -0.05) is 5.16 Å². The first kappa shape index (κ1) is 13.3. The lowest BCUT2D eigenvalue weighted by Gasteiger charge is -2.09. The minimum atomic E-state index is -1.71. The molecule has 0 aliphatic carbocycles. The van der Waals surface area contributed by atoms with E-state index in [1.165, 1.54) is 0 Å². The minimum absolute atomic E-state index is 0.0854. The van der Waals surface area contributed by atoms with Crippen molar-refractivity contribution in [1.29, 1.82) is 0 Å². The molecule has 19 heavy (non-hydrogen) atoms. The second-order valence-corrected chi connectivity index (χ2v) is 3.85. The average molecular weight is 275 g/mol. The molecule has 0 saturated heterocycles. The van der Waals surface area contributed by atoms with Crippen LogP contribution in [0.4, 0.5) is 23.2 Å². The van der Waals surface area contributed by atoms with Crippen LogP contribution in [-0.2, 0) is 6.54 Å². The SMILES string of the molecule is Cc1noc(C)c1CNc1c(F)c(F)nc(F)c1F. The molecule has 0 unspecified atom stereocenters. The van der Waals surface area contributed by atoms with Crippen LogP contribution in [0.25, 0.3) is 0 Å². The number of anilines is 1. The van der Waals surface area contributed by atoms with Crippen molar-refractivity contribution in [1.82, 2.24) is 10.1 Å². The van der Waals surface area contributed by atoms with Crippen LogP contribution in [-0.4, -0.2) is 10.1 Å². The lowest BCUT2D eigenvalue weighted by atomic mass is 10.2. The quantitative estimate of drug-likeness (QED) is 0.691. The van der Waals surface area contributed by atoms with E-state index in [-0.39, 0.29) is 6.54 Å². The van der Waals surface area contributed by atoms with E-state index in [4.69, 9.17) is 4.52 Å². The van der Waals surface area contributed by atoms with Crippen LogP contribution in [0.5, 0.6) is 0 Å². The van der Waals surface area contributed by atoms with Crippen molar-refractivity contribution in [3.8, 4) is 0 Å². The van der Waals surface area contributed by atoms with Crippen molar-refractivity contribution in [2.75, 3.05) is 5.32 Å². The molecule has 0 aliphatic heterocycles. The van der Waals surface area contributed by atoms with Crippen molar-refractivity contribution < 1.29 is 22.1 Å². The van der Waals surface area contributed by atoms with E-state index in [1.807, 2.05) is 0 Å². The van der Waals surface area contributed by atoms with Gasteiger partial charge in [0, 0.05) is 12.1 Å². The summed E-state index contributed by atoms with van der Waals surface area (Å²) in [5.74, 6) is -6.13.